The Balaban J connectivity index is 1.48. The topological polar surface area (TPSA) is 103 Å². The Labute approximate surface area is 164 Å². The highest BCUT2D eigenvalue weighted by atomic mass is 32.1. The first kappa shape index (κ1) is 17.8. The molecular formula is C19H15N5O3S. The average Bonchev–Trinajstić information content (AvgIpc) is 3.37. The second-order valence-electron chi connectivity index (χ2n) is 5.75. The summed E-state index contributed by atoms with van der Waals surface area (Å²) < 4.78 is 11.1. The van der Waals surface area contributed by atoms with Crippen molar-refractivity contribution >= 4 is 22.4 Å². The highest BCUT2D eigenvalue weighted by Crippen LogP contribution is 2.30. The van der Waals surface area contributed by atoms with E-state index in [0.717, 1.165) is 10.6 Å². The van der Waals surface area contributed by atoms with E-state index in [1.165, 1.54) is 11.3 Å². The molecule has 0 unspecified atom stereocenters. The summed E-state index contributed by atoms with van der Waals surface area (Å²) in [6, 6.07) is 16.7. The molecule has 2 heterocycles. The van der Waals surface area contributed by atoms with Gasteiger partial charge in [0.25, 0.3) is 11.8 Å². The number of anilines is 1. The van der Waals surface area contributed by atoms with E-state index in [0.29, 0.717) is 28.2 Å². The summed E-state index contributed by atoms with van der Waals surface area (Å²) in [6.07, 6.45) is 0. The largest absolute Gasteiger partial charge is 0.483 e. The minimum absolute atomic E-state index is 0.185. The van der Waals surface area contributed by atoms with Crippen molar-refractivity contribution in [1.29, 1.82) is 0 Å². The summed E-state index contributed by atoms with van der Waals surface area (Å²) in [4.78, 5) is 16.5. The molecule has 4 rings (SSSR count). The van der Waals surface area contributed by atoms with Crippen LogP contribution in [0.15, 0.2) is 59.1 Å². The third-order valence-electron chi connectivity index (χ3n) is 3.71. The van der Waals surface area contributed by atoms with E-state index >= 15 is 0 Å². The number of benzene rings is 2. The summed E-state index contributed by atoms with van der Waals surface area (Å²) in [6.45, 7) is 1.63. The average molecular weight is 393 g/mol. The highest BCUT2D eigenvalue weighted by Gasteiger charge is 2.16. The lowest BCUT2D eigenvalue weighted by atomic mass is 10.2. The molecule has 0 saturated heterocycles. The molecule has 0 spiro atoms. The minimum atomic E-state index is -0.332. The summed E-state index contributed by atoms with van der Waals surface area (Å²) in [5.74, 6) is 0.931. The van der Waals surface area contributed by atoms with Crippen LogP contribution < -0.4 is 10.1 Å². The quantitative estimate of drug-likeness (QED) is 0.534. The van der Waals surface area contributed by atoms with Gasteiger partial charge in [0.1, 0.15) is 10.8 Å². The van der Waals surface area contributed by atoms with Crippen LogP contribution in [0.5, 0.6) is 5.75 Å². The lowest BCUT2D eigenvalue weighted by Gasteiger charge is -2.08. The van der Waals surface area contributed by atoms with Crippen molar-refractivity contribution in [1.82, 2.24) is 20.3 Å². The Morgan fingerprint density at radius 3 is 2.68 bits per heavy atom. The highest BCUT2D eigenvalue weighted by molar-refractivity contribution is 7.15. The summed E-state index contributed by atoms with van der Waals surface area (Å²) in [5, 5.41) is 15.6. The number of rotatable bonds is 6. The van der Waals surface area contributed by atoms with Crippen molar-refractivity contribution in [3.8, 4) is 28.6 Å². The molecular weight excluding hydrogens is 378 g/mol. The van der Waals surface area contributed by atoms with E-state index in [4.69, 9.17) is 9.26 Å². The number of ether oxygens (including phenoxy) is 1. The molecule has 0 aliphatic rings. The number of aromatic nitrogens is 4. The Bertz CT molecular complexity index is 1090. The number of aryl methyl sites for hydroxylation is 1. The molecule has 0 bridgehead atoms. The maximum atomic E-state index is 12.1. The first-order valence-electron chi connectivity index (χ1n) is 8.40. The number of carbonyl (C=O) groups excluding carboxylic acids is 1. The van der Waals surface area contributed by atoms with Crippen molar-refractivity contribution in [2.75, 3.05) is 11.9 Å². The molecule has 28 heavy (non-hydrogen) atoms. The number of amides is 1. The Morgan fingerprint density at radius 2 is 1.89 bits per heavy atom. The SMILES string of the molecule is Cc1nnc(NC(=O)COc2ccccc2-c2nc(-c3ccccc3)no2)s1. The van der Waals surface area contributed by atoms with Crippen molar-refractivity contribution < 1.29 is 14.1 Å². The standard InChI is InChI=1S/C19H15N5O3S/c1-12-22-23-19(28-12)20-16(25)11-26-15-10-6-5-9-14(15)18-21-17(24-27-18)13-7-3-2-4-8-13/h2-10H,11H2,1H3,(H,20,23,25). The van der Waals surface area contributed by atoms with Gasteiger partial charge in [-0.3, -0.25) is 10.1 Å². The van der Waals surface area contributed by atoms with Gasteiger partial charge in [-0.1, -0.05) is 59.0 Å². The maximum Gasteiger partial charge on any atom is 0.264 e. The summed E-state index contributed by atoms with van der Waals surface area (Å²) in [7, 11) is 0. The first-order chi connectivity index (χ1) is 13.7. The Kier molecular flexibility index (Phi) is 5.07. The molecule has 1 amide bonds. The smallest absolute Gasteiger partial charge is 0.264 e. The molecule has 140 valence electrons. The van der Waals surface area contributed by atoms with Crippen LogP contribution >= 0.6 is 11.3 Å². The molecule has 1 N–H and O–H groups in total. The van der Waals surface area contributed by atoms with Crippen molar-refractivity contribution in [3.05, 3.63) is 59.6 Å². The van der Waals surface area contributed by atoms with Gasteiger partial charge in [0, 0.05) is 5.56 Å². The zero-order valence-electron chi connectivity index (χ0n) is 14.8. The molecule has 9 heteroatoms. The zero-order chi connectivity index (χ0) is 19.3. The van der Waals surface area contributed by atoms with Gasteiger partial charge >= 0.3 is 0 Å². The Hall–Kier alpha value is -3.59. The van der Waals surface area contributed by atoms with Gasteiger partial charge in [0.15, 0.2) is 6.61 Å². The summed E-state index contributed by atoms with van der Waals surface area (Å²) in [5.41, 5.74) is 1.46. The van der Waals surface area contributed by atoms with E-state index < -0.39 is 0 Å². The second kappa shape index (κ2) is 7.97. The van der Waals surface area contributed by atoms with Crippen LogP contribution in [0, 0.1) is 6.92 Å². The van der Waals surface area contributed by atoms with Crippen LogP contribution in [0.25, 0.3) is 22.8 Å². The number of hydrogen-bond acceptors (Lipinski definition) is 8. The molecule has 2 aromatic carbocycles. The van der Waals surface area contributed by atoms with Crippen molar-refractivity contribution in [3.63, 3.8) is 0 Å². The molecule has 0 aliphatic carbocycles. The minimum Gasteiger partial charge on any atom is -0.483 e. The van der Waals surface area contributed by atoms with Crippen LogP contribution in [-0.4, -0.2) is 32.9 Å². The molecule has 0 saturated carbocycles. The zero-order valence-corrected chi connectivity index (χ0v) is 15.6. The number of para-hydroxylation sites is 1. The van der Waals surface area contributed by atoms with Crippen LogP contribution in [0.3, 0.4) is 0 Å². The van der Waals surface area contributed by atoms with E-state index in [9.17, 15) is 4.79 Å². The van der Waals surface area contributed by atoms with Gasteiger partial charge in [-0.15, -0.1) is 10.2 Å². The molecule has 8 nitrogen and oxygen atoms in total. The fourth-order valence-corrected chi connectivity index (χ4v) is 3.06. The van der Waals surface area contributed by atoms with Crippen LogP contribution in [0.4, 0.5) is 5.13 Å². The second-order valence-corrected chi connectivity index (χ2v) is 6.93. The number of hydrogen-bond donors (Lipinski definition) is 1. The first-order valence-corrected chi connectivity index (χ1v) is 9.22. The third-order valence-corrected chi connectivity index (χ3v) is 4.46. The molecule has 4 aromatic rings. The van der Waals surface area contributed by atoms with E-state index in [-0.39, 0.29) is 12.5 Å². The van der Waals surface area contributed by atoms with Gasteiger partial charge in [0.2, 0.25) is 11.0 Å². The van der Waals surface area contributed by atoms with Crippen LogP contribution in [0.2, 0.25) is 0 Å². The number of carbonyl (C=O) groups is 1. The van der Waals surface area contributed by atoms with Crippen molar-refractivity contribution in [2.45, 2.75) is 6.92 Å². The van der Waals surface area contributed by atoms with Crippen molar-refractivity contribution in [2.24, 2.45) is 0 Å². The molecule has 0 aliphatic heterocycles. The molecule has 0 radical (unpaired) electrons. The maximum absolute atomic E-state index is 12.1. The molecule has 2 aromatic heterocycles. The fraction of sp³-hybridized carbons (Fsp3) is 0.105. The summed E-state index contributed by atoms with van der Waals surface area (Å²) >= 11 is 1.30. The lowest BCUT2D eigenvalue weighted by Crippen LogP contribution is -2.20. The molecule has 0 fully saturated rings. The van der Waals surface area contributed by atoms with Crippen LogP contribution in [-0.2, 0) is 4.79 Å². The fourth-order valence-electron chi connectivity index (χ4n) is 2.45. The predicted molar refractivity (Wildman–Crippen MR) is 104 cm³/mol. The normalized spacial score (nSPS) is 10.6. The Morgan fingerprint density at radius 1 is 1.11 bits per heavy atom. The van der Waals surface area contributed by atoms with E-state index in [1.54, 1.807) is 18.2 Å². The number of nitrogens with one attached hydrogen (secondary N) is 1. The van der Waals surface area contributed by atoms with Gasteiger partial charge in [-0.25, -0.2) is 0 Å². The molecule has 0 atom stereocenters. The van der Waals surface area contributed by atoms with Gasteiger partial charge in [-0.05, 0) is 19.1 Å². The van der Waals surface area contributed by atoms with Gasteiger partial charge in [-0.2, -0.15) is 4.98 Å². The third kappa shape index (κ3) is 4.04. The number of nitrogens with zero attached hydrogens (tertiary/aromatic N) is 4. The van der Waals surface area contributed by atoms with Gasteiger partial charge in [0.05, 0.1) is 5.56 Å². The predicted octanol–water partition coefficient (Wildman–Crippen LogP) is 3.58. The monoisotopic (exact) mass is 393 g/mol. The lowest BCUT2D eigenvalue weighted by molar-refractivity contribution is -0.118. The van der Waals surface area contributed by atoms with Gasteiger partial charge < -0.3 is 9.26 Å². The van der Waals surface area contributed by atoms with E-state index in [1.807, 2.05) is 43.3 Å². The van der Waals surface area contributed by atoms with E-state index in [2.05, 4.69) is 25.7 Å². The van der Waals surface area contributed by atoms with Crippen LogP contribution in [0.1, 0.15) is 5.01 Å².